The smallest absolute Gasteiger partial charge is 0.315 e. The molecule has 0 bridgehead atoms. The number of aryl methyl sites for hydroxylation is 2. The quantitative estimate of drug-likeness (QED) is 0.854. The molecular weight excluding hydrogens is 342 g/mol. The summed E-state index contributed by atoms with van der Waals surface area (Å²) in [7, 11) is 1.62. The van der Waals surface area contributed by atoms with Crippen molar-refractivity contribution in [2.45, 2.75) is 32.9 Å². The summed E-state index contributed by atoms with van der Waals surface area (Å²) in [4.78, 5) is 26.2. The lowest BCUT2D eigenvalue weighted by atomic mass is 10.1. The van der Waals surface area contributed by atoms with Crippen molar-refractivity contribution in [3.63, 3.8) is 0 Å². The van der Waals surface area contributed by atoms with Gasteiger partial charge in [-0.15, -0.1) is 0 Å². The third-order valence-corrected chi connectivity index (χ3v) is 4.87. The maximum Gasteiger partial charge on any atom is 0.315 e. The van der Waals surface area contributed by atoms with Crippen molar-refractivity contribution < 1.29 is 14.3 Å². The highest BCUT2D eigenvalue weighted by atomic mass is 16.5. The second kappa shape index (κ2) is 8.12. The fraction of sp³-hybridized carbons (Fsp3) is 0.333. The Morgan fingerprint density at radius 3 is 2.56 bits per heavy atom. The van der Waals surface area contributed by atoms with E-state index in [1.165, 1.54) is 5.56 Å². The van der Waals surface area contributed by atoms with E-state index in [0.29, 0.717) is 19.5 Å². The Kier molecular flexibility index (Phi) is 5.64. The minimum Gasteiger partial charge on any atom is -0.497 e. The SMILES string of the molecule is COc1ccc(CNC(=O)NC2CC(=O)N(c3ccc(C)c(C)c3)C2)cc1. The monoisotopic (exact) mass is 367 g/mol. The van der Waals surface area contributed by atoms with Crippen molar-refractivity contribution in [2.75, 3.05) is 18.6 Å². The molecule has 6 heteroatoms. The number of rotatable bonds is 5. The number of nitrogens with zero attached hydrogens (tertiary/aromatic N) is 1. The van der Waals surface area contributed by atoms with Crippen molar-refractivity contribution in [3.05, 3.63) is 59.2 Å². The molecule has 0 radical (unpaired) electrons. The summed E-state index contributed by atoms with van der Waals surface area (Å²) in [6.07, 6.45) is 0.308. The first-order valence-corrected chi connectivity index (χ1v) is 9.01. The van der Waals surface area contributed by atoms with E-state index in [4.69, 9.17) is 4.74 Å². The summed E-state index contributed by atoms with van der Waals surface area (Å²) in [6, 6.07) is 13.0. The number of nitrogens with one attached hydrogen (secondary N) is 2. The van der Waals surface area contributed by atoms with Crippen molar-refractivity contribution in [1.29, 1.82) is 0 Å². The van der Waals surface area contributed by atoms with Crippen LogP contribution in [0, 0.1) is 13.8 Å². The molecule has 0 aliphatic carbocycles. The molecule has 3 amide bonds. The third kappa shape index (κ3) is 4.58. The van der Waals surface area contributed by atoms with E-state index in [-0.39, 0.29) is 18.0 Å². The number of anilines is 1. The normalized spacial score (nSPS) is 16.3. The van der Waals surface area contributed by atoms with Crippen LogP contribution in [0.1, 0.15) is 23.1 Å². The highest BCUT2D eigenvalue weighted by Crippen LogP contribution is 2.24. The van der Waals surface area contributed by atoms with Crippen LogP contribution in [0.4, 0.5) is 10.5 Å². The summed E-state index contributed by atoms with van der Waals surface area (Å²) in [5.41, 5.74) is 4.20. The lowest BCUT2D eigenvalue weighted by Gasteiger charge is -2.18. The fourth-order valence-corrected chi connectivity index (χ4v) is 3.11. The average molecular weight is 367 g/mol. The average Bonchev–Trinajstić information content (AvgIpc) is 3.02. The van der Waals surface area contributed by atoms with Gasteiger partial charge in [0, 0.05) is 25.2 Å². The molecule has 6 nitrogen and oxygen atoms in total. The molecule has 2 aromatic rings. The van der Waals surface area contributed by atoms with Crippen molar-refractivity contribution in [3.8, 4) is 5.75 Å². The number of benzene rings is 2. The van der Waals surface area contributed by atoms with E-state index >= 15 is 0 Å². The van der Waals surface area contributed by atoms with E-state index in [9.17, 15) is 9.59 Å². The minimum atomic E-state index is -0.273. The van der Waals surface area contributed by atoms with E-state index in [2.05, 4.69) is 10.6 Å². The van der Waals surface area contributed by atoms with Crippen molar-refractivity contribution in [2.24, 2.45) is 0 Å². The number of urea groups is 1. The molecule has 1 atom stereocenters. The Hall–Kier alpha value is -3.02. The van der Waals surface area contributed by atoms with Crippen LogP contribution in [-0.2, 0) is 11.3 Å². The molecule has 1 aliphatic rings. The van der Waals surface area contributed by atoms with Crippen LogP contribution >= 0.6 is 0 Å². The van der Waals surface area contributed by atoms with Crippen LogP contribution in [0.2, 0.25) is 0 Å². The molecule has 3 rings (SSSR count). The van der Waals surface area contributed by atoms with Crippen LogP contribution < -0.4 is 20.3 Å². The van der Waals surface area contributed by atoms with Gasteiger partial charge in [0.1, 0.15) is 5.75 Å². The van der Waals surface area contributed by atoms with Gasteiger partial charge >= 0.3 is 6.03 Å². The molecule has 1 saturated heterocycles. The van der Waals surface area contributed by atoms with Crippen molar-refractivity contribution in [1.82, 2.24) is 10.6 Å². The van der Waals surface area contributed by atoms with Gasteiger partial charge in [0.15, 0.2) is 0 Å². The van der Waals surface area contributed by atoms with Gasteiger partial charge in [-0.25, -0.2) is 4.79 Å². The lowest BCUT2D eigenvalue weighted by molar-refractivity contribution is -0.117. The Bertz CT molecular complexity index is 833. The first-order valence-electron chi connectivity index (χ1n) is 9.01. The molecule has 0 spiro atoms. The Morgan fingerprint density at radius 1 is 1.15 bits per heavy atom. The first-order chi connectivity index (χ1) is 13.0. The predicted octanol–water partition coefficient (Wildman–Crippen LogP) is 2.92. The zero-order valence-electron chi connectivity index (χ0n) is 15.9. The summed E-state index contributed by atoms with van der Waals surface area (Å²) in [5, 5.41) is 5.72. The van der Waals surface area contributed by atoms with Gasteiger partial charge in [0.25, 0.3) is 0 Å². The van der Waals surface area contributed by atoms with Gasteiger partial charge in [-0.3, -0.25) is 4.79 Å². The lowest BCUT2D eigenvalue weighted by Crippen LogP contribution is -2.43. The molecule has 1 aliphatic heterocycles. The molecule has 1 unspecified atom stereocenters. The minimum absolute atomic E-state index is 0.0266. The van der Waals surface area contributed by atoms with Crippen LogP contribution in [0.5, 0.6) is 5.75 Å². The molecule has 1 heterocycles. The predicted molar refractivity (Wildman–Crippen MR) is 105 cm³/mol. The van der Waals surface area contributed by atoms with Crippen LogP contribution in [0.3, 0.4) is 0 Å². The topological polar surface area (TPSA) is 70.7 Å². The van der Waals surface area contributed by atoms with Crippen LogP contribution in [-0.4, -0.2) is 31.6 Å². The second-order valence-corrected chi connectivity index (χ2v) is 6.85. The summed E-state index contributed by atoms with van der Waals surface area (Å²) >= 11 is 0. The molecule has 2 N–H and O–H groups in total. The van der Waals surface area contributed by atoms with E-state index in [1.807, 2.05) is 56.3 Å². The Balaban J connectivity index is 1.52. The molecular formula is C21H25N3O3. The van der Waals surface area contributed by atoms with Gasteiger partial charge in [0.2, 0.25) is 5.91 Å². The largest absolute Gasteiger partial charge is 0.497 e. The Labute approximate surface area is 159 Å². The molecule has 1 fully saturated rings. The highest BCUT2D eigenvalue weighted by Gasteiger charge is 2.31. The maximum absolute atomic E-state index is 12.3. The summed E-state index contributed by atoms with van der Waals surface area (Å²) < 4.78 is 5.12. The molecule has 27 heavy (non-hydrogen) atoms. The molecule has 0 aromatic heterocycles. The highest BCUT2D eigenvalue weighted by molar-refractivity contribution is 5.96. The third-order valence-electron chi connectivity index (χ3n) is 4.87. The van der Waals surface area contributed by atoms with E-state index in [1.54, 1.807) is 12.0 Å². The molecule has 2 aromatic carbocycles. The standard InChI is InChI=1S/C21H25N3O3/c1-14-4-7-18(10-15(14)2)24-13-17(11-20(24)25)23-21(26)22-12-16-5-8-19(27-3)9-6-16/h4-10,17H,11-13H2,1-3H3,(H2,22,23,26). The molecule has 0 saturated carbocycles. The van der Waals surface area contributed by atoms with Gasteiger partial charge in [-0.05, 0) is 54.8 Å². The zero-order chi connectivity index (χ0) is 19.4. The number of amides is 3. The first kappa shape index (κ1) is 18.8. The van der Waals surface area contributed by atoms with Gasteiger partial charge in [-0.2, -0.15) is 0 Å². The van der Waals surface area contributed by atoms with Crippen molar-refractivity contribution >= 4 is 17.6 Å². The van der Waals surface area contributed by atoms with Gasteiger partial charge in [0.05, 0.1) is 13.2 Å². The fourth-order valence-electron chi connectivity index (χ4n) is 3.11. The number of ether oxygens (including phenoxy) is 1. The summed E-state index contributed by atoms with van der Waals surface area (Å²) in [6.45, 7) is 4.97. The van der Waals surface area contributed by atoms with E-state index < -0.39 is 0 Å². The Morgan fingerprint density at radius 2 is 1.89 bits per heavy atom. The number of hydrogen-bond acceptors (Lipinski definition) is 3. The number of methoxy groups -OCH3 is 1. The second-order valence-electron chi connectivity index (χ2n) is 6.85. The van der Waals surface area contributed by atoms with Gasteiger partial charge in [-0.1, -0.05) is 18.2 Å². The number of hydrogen-bond donors (Lipinski definition) is 2. The zero-order valence-corrected chi connectivity index (χ0v) is 15.9. The van der Waals surface area contributed by atoms with Gasteiger partial charge < -0.3 is 20.3 Å². The molecule has 142 valence electrons. The van der Waals surface area contributed by atoms with Crippen LogP contribution in [0.25, 0.3) is 0 Å². The summed E-state index contributed by atoms with van der Waals surface area (Å²) in [5.74, 6) is 0.804. The number of carbonyl (C=O) groups excluding carboxylic acids is 2. The van der Waals surface area contributed by atoms with E-state index in [0.717, 1.165) is 22.6 Å². The maximum atomic E-state index is 12.3. The number of carbonyl (C=O) groups is 2. The van der Waals surface area contributed by atoms with Crippen LogP contribution in [0.15, 0.2) is 42.5 Å².